The Labute approximate surface area is 141 Å². The molecule has 0 bridgehead atoms. The summed E-state index contributed by atoms with van der Waals surface area (Å²) in [5, 5.41) is 11.3. The zero-order valence-electron chi connectivity index (χ0n) is 13.6. The van der Waals surface area contributed by atoms with Gasteiger partial charge in [-0.15, -0.1) is 0 Å². The van der Waals surface area contributed by atoms with E-state index in [4.69, 9.17) is 4.74 Å². The first-order valence-corrected chi connectivity index (χ1v) is 8.59. The van der Waals surface area contributed by atoms with Gasteiger partial charge >= 0.3 is 0 Å². The Morgan fingerprint density at radius 1 is 1.29 bits per heavy atom. The van der Waals surface area contributed by atoms with E-state index in [1.807, 2.05) is 40.3 Å². The van der Waals surface area contributed by atoms with E-state index in [1.54, 1.807) is 0 Å². The molecule has 6 nitrogen and oxygen atoms in total. The summed E-state index contributed by atoms with van der Waals surface area (Å²) in [6, 6.07) is 8.27. The Morgan fingerprint density at radius 3 is 2.96 bits per heavy atom. The second-order valence-electron chi connectivity index (χ2n) is 6.71. The van der Waals surface area contributed by atoms with Crippen LogP contribution < -0.4 is 4.74 Å². The van der Waals surface area contributed by atoms with Crippen molar-refractivity contribution in [1.29, 1.82) is 0 Å². The number of aromatic amines is 1. The van der Waals surface area contributed by atoms with Crippen molar-refractivity contribution in [3.05, 3.63) is 30.5 Å². The number of rotatable bonds is 6. The first-order chi connectivity index (χ1) is 11.7. The first-order valence-electron chi connectivity index (χ1n) is 8.59. The second-order valence-corrected chi connectivity index (χ2v) is 6.71. The zero-order valence-corrected chi connectivity index (χ0v) is 13.6. The molecule has 0 radical (unpaired) electrons. The molecule has 0 unspecified atom stereocenters. The Bertz CT molecular complexity index is 725. The molecule has 1 aliphatic heterocycles. The predicted molar refractivity (Wildman–Crippen MR) is 91.0 cm³/mol. The van der Waals surface area contributed by atoms with E-state index in [0.717, 1.165) is 42.6 Å². The van der Waals surface area contributed by atoms with Crippen LogP contribution in [0.1, 0.15) is 12.8 Å². The number of piperazine rings is 1. The quantitative estimate of drug-likeness (QED) is 0.836. The number of benzene rings is 1. The van der Waals surface area contributed by atoms with Crippen molar-refractivity contribution in [3.63, 3.8) is 0 Å². The maximum atomic E-state index is 12.1. The molecule has 6 heteroatoms. The van der Waals surface area contributed by atoms with E-state index in [0.29, 0.717) is 19.1 Å². The standard InChI is InChI=1S/C18H23N3O3/c22-14(10-20-8-9-21(13-4-5-13)18(23)11-20)12-24-17-3-1-2-16-15(17)6-7-19-16/h1-3,6-7,13-14,19,22H,4-5,8-12H2/t14-/m1/s1. The molecule has 4 rings (SSSR count). The van der Waals surface area contributed by atoms with Crippen LogP contribution in [0.15, 0.2) is 30.5 Å². The van der Waals surface area contributed by atoms with Gasteiger partial charge in [0.2, 0.25) is 5.91 Å². The number of carbonyl (C=O) groups is 1. The molecule has 1 atom stereocenters. The van der Waals surface area contributed by atoms with E-state index >= 15 is 0 Å². The number of nitrogens with one attached hydrogen (secondary N) is 1. The fraction of sp³-hybridized carbons (Fsp3) is 0.500. The molecule has 2 aliphatic rings. The van der Waals surface area contributed by atoms with Gasteiger partial charge in [0.05, 0.1) is 6.54 Å². The molecule has 2 fully saturated rings. The van der Waals surface area contributed by atoms with Crippen LogP contribution in [0.5, 0.6) is 5.75 Å². The Hall–Kier alpha value is -2.05. The second kappa shape index (κ2) is 6.45. The minimum atomic E-state index is -0.612. The molecule has 0 spiro atoms. The summed E-state index contributed by atoms with van der Waals surface area (Å²) in [5.41, 5.74) is 1.02. The largest absolute Gasteiger partial charge is 0.490 e. The zero-order chi connectivity index (χ0) is 16.5. The summed E-state index contributed by atoms with van der Waals surface area (Å²) >= 11 is 0. The highest BCUT2D eigenvalue weighted by atomic mass is 16.5. The fourth-order valence-electron chi connectivity index (χ4n) is 3.38. The van der Waals surface area contributed by atoms with Crippen LogP contribution in [0.4, 0.5) is 0 Å². The van der Waals surface area contributed by atoms with Gasteiger partial charge < -0.3 is 19.7 Å². The van der Waals surface area contributed by atoms with Crippen LogP contribution in [0.2, 0.25) is 0 Å². The lowest BCUT2D eigenvalue weighted by Crippen LogP contribution is -2.53. The van der Waals surface area contributed by atoms with Gasteiger partial charge in [-0.3, -0.25) is 9.69 Å². The van der Waals surface area contributed by atoms with Crippen LogP contribution in [0.3, 0.4) is 0 Å². The lowest BCUT2D eigenvalue weighted by molar-refractivity contribution is -0.137. The number of H-pyrrole nitrogens is 1. The molecule has 1 aliphatic carbocycles. The normalized spacial score (nSPS) is 20.5. The molecule has 1 aromatic heterocycles. The topological polar surface area (TPSA) is 68.8 Å². The number of hydrogen-bond donors (Lipinski definition) is 2. The average Bonchev–Trinajstić information content (AvgIpc) is 3.29. The van der Waals surface area contributed by atoms with Gasteiger partial charge in [0.25, 0.3) is 0 Å². The van der Waals surface area contributed by atoms with Crippen LogP contribution in [0, 0.1) is 0 Å². The average molecular weight is 329 g/mol. The molecular weight excluding hydrogens is 306 g/mol. The van der Waals surface area contributed by atoms with Gasteiger partial charge in [-0.2, -0.15) is 0 Å². The SMILES string of the molecule is O=C1CN(C[C@@H](O)COc2cccc3[nH]ccc23)CCN1C1CC1. The number of fused-ring (bicyclic) bond motifs is 1. The summed E-state index contributed by atoms with van der Waals surface area (Å²) in [4.78, 5) is 19.3. The molecule has 1 saturated carbocycles. The summed E-state index contributed by atoms with van der Waals surface area (Å²) in [6.07, 6.45) is 3.55. The number of aliphatic hydroxyl groups is 1. The monoisotopic (exact) mass is 329 g/mol. The number of ether oxygens (including phenoxy) is 1. The van der Waals surface area contributed by atoms with Crippen LogP contribution in [0.25, 0.3) is 10.9 Å². The van der Waals surface area contributed by atoms with E-state index in [1.165, 1.54) is 0 Å². The molecule has 2 N–H and O–H groups in total. The summed E-state index contributed by atoms with van der Waals surface area (Å²) in [5.74, 6) is 0.955. The minimum Gasteiger partial charge on any atom is -0.490 e. The number of β-amino-alcohol motifs (C(OH)–C–C–N with tert-alkyl or cyclic N) is 1. The van der Waals surface area contributed by atoms with E-state index in [-0.39, 0.29) is 12.5 Å². The smallest absolute Gasteiger partial charge is 0.237 e. The summed E-state index contributed by atoms with van der Waals surface area (Å²) in [7, 11) is 0. The maximum Gasteiger partial charge on any atom is 0.237 e. The molecule has 1 saturated heterocycles. The van der Waals surface area contributed by atoms with E-state index in [9.17, 15) is 9.90 Å². The number of amides is 1. The van der Waals surface area contributed by atoms with Crippen LogP contribution >= 0.6 is 0 Å². The molecule has 128 valence electrons. The maximum absolute atomic E-state index is 12.1. The summed E-state index contributed by atoms with van der Waals surface area (Å²) in [6.45, 7) is 2.70. The molecule has 24 heavy (non-hydrogen) atoms. The van der Waals surface area contributed by atoms with Crippen molar-refractivity contribution < 1.29 is 14.6 Å². The van der Waals surface area contributed by atoms with Crippen LogP contribution in [-0.4, -0.2) is 70.7 Å². The third-order valence-electron chi connectivity index (χ3n) is 4.78. The van der Waals surface area contributed by atoms with Crippen molar-refractivity contribution in [3.8, 4) is 5.75 Å². The fourth-order valence-corrected chi connectivity index (χ4v) is 3.38. The third-order valence-corrected chi connectivity index (χ3v) is 4.78. The van der Waals surface area contributed by atoms with Crippen molar-refractivity contribution in [2.24, 2.45) is 0 Å². The number of hydrogen-bond acceptors (Lipinski definition) is 4. The molecule has 2 heterocycles. The van der Waals surface area contributed by atoms with E-state index in [2.05, 4.69) is 4.98 Å². The lowest BCUT2D eigenvalue weighted by atomic mass is 10.2. The van der Waals surface area contributed by atoms with Gasteiger partial charge in [-0.25, -0.2) is 0 Å². The predicted octanol–water partition coefficient (Wildman–Crippen LogP) is 1.21. The Kier molecular flexibility index (Phi) is 4.16. The summed E-state index contributed by atoms with van der Waals surface area (Å²) < 4.78 is 5.79. The Balaban J connectivity index is 1.28. The number of carbonyl (C=O) groups excluding carboxylic acids is 1. The van der Waals surface area contributed by atoms with E-state index < -0.39 is 6.10 Å². The number of aliphatic hydroxyl groups excluding tert-OH is 1. The van der Waals surface area contributed by atoms with Gasteiger partial charge in [0, 0.05) is 42.8 Å². The lowest BCUT2D eigenvalue weighted by Gasteiger charge is -2.35. The van der Waals surface area contributed by atoms with Crippen molar-refractivity contribution >= 4 is 16.8 Å². The van der Waals surface area contributed by atoms with Gasteiger partial charge in [-0.1, -0.05) is 6.07 Å². The highest BCUT2D eigenvalue weighted by Gasteiger charge is 2.35. The van der Waals surface area contributed by atoms with Gasteiger partial charge in [0.1, 0.15) is 18.5 Å². The van der Waals surface area contributed by atoms with Crippen LogP contribution in [-0.2, 0) is 4.79 Å². The molecule has 2 aromatic rings. The highest BCUT2D eigenvalue weighted by Crippen LogP contribution is 2.28. The van der Waals surface area contributed by atoms with Crippen molar-refractivity contribution in [2.75, 3.05) is 32.8 Å². The van der Waals surface area contributed by atoms with Gasteiger partial charge in [-0.05, 0) is 31.0 Å². The number of nitrogens with zero attached hydrogens (tertiary/aromatic N) is 2. The molecule has 1 amide bonds. The third kappa shape index (κ3) is 3.25. The Morgan fingerprint density at radius 2 is 2.17 bits per heavy atom. The molecule has 1 aromatic carbocycles. The number of aromatic nitrogens is 1. The molecular formula is C18H23N3O3. The first kappa shape index (κ1) is 15.5. The minimum absolute atomic E-state index is 0.189. The van der Waals surface area contributed by atoms with Crippen molar-refractivity contribution in [1.82, 2.24) is 14.8 Å². The highest BCUT2D eigenvalue weighted by molar-refractivity contribution is 5.85. The van der Waals surface area contributed by atoms with Gasteiger partial charge in [0.15, 0.2) is 0 Å². The van der Waals surface area contributed by atoms with Crippen molar-refractivity contribution in [2.45, 2.75) is 25.0 Å².